The van der Waals surface area contributed by atoms with Gasteiger partial charge in [0.1, 0.15) is 177 Å². The average Bonchev–Trinajstić information content (AvgIpc) is 3.51. The lowest BCUT2D eigenvalue weighted by atomic mass is 9.94. The molecule has 0 aromatic carbocycles. The quantitative estimate of drug-likeness (QED) is 0.0507. The van der Waals surface area contributed by atoms with Crippen molar-refractivity contribution < 1.29 is 184 Å². The predicted molar refractivity (Wildman–Crippen MR) is 249 cm³/mol. The summed E-state index contributed by atoms with van der Waals surface area (Å²) in [5.41, 5.74) is 0. The molecule has 0 unspecified atom stereocenters. The minimum absolute atomic E-state index is 0.756. The van der Waals surface area contributed by atoms with Gasteiger partial charge in [-0.05, 0) is 0 Å². The smallest absolute Gasteiger partial charge is 0.217 e. The minimum atomic E-state index is -2.29. The molecule has 0 bridgehead atoms. The molecule has 7 aliphatic heterocycles. The molecular formula is C45H77NO37. The summed E-state index contributed by atoms with van der Waals surface area (Å²) in [6, 6.07) is -1.58. The van der Waals surface area contributed by atoms with Crippen LogP contribution in [0.25, 0.3) is 0 Å². The third-order valence-electron chi connectivity index (χ3n) is 15.2. The molecule has 0 spiro atoms. The van der Waals surface area contributed by atoms with Crippen molar-refractivity contribution in [2.75, 3.05) is 46.2 Å². The maximum Gasteiger partial charge on any atom is 0.217 e. The van der Waals surface area contributed by atoms with Gasteiger partial charge in [-0.1, -0.05) is 0 Å². The monoisotopic (exact) mass is 1220 g/mol. The Balaban J connectivity index is 0.997. The highest BCUT2D eigenvalue weighted by molar-refractivity contribution is 5.73. The first-order valence-corrected chi connectivity index (χ1v) is 26.2. The fourth-order valence-electron chi connectivity index (χ4n) is 10.5. The fourth-order valence-corrected chi connectivity index (χ4v) is 10.5. The molecule has 7 heterocycles. The lowest BCUT2D eigenvalue weighted by Crippen LogP contribution is -2.69. The van der Waals surface area contributed by atoms with E-state index in [0.717, 1.165) is 6.92 Å². The molecule has 0 saturated carbocycles. The number of carbonyl (C=O) groups excluding carboxylic acids is 1. The number of aliphatic hydroxyl groups excluding tert-OH is 23. The number of hydrogen-bond acceptors (Lipinski definition) is 37. The lowest BCUT2D eigenvalue weighted by molar-refractivity contribution is -0.393. The summed E-state index contributed by atoms with van der Waals surface area (Å²) in [7, 11) is 0. The molecule has 7 aliphatic rings. The van der Waals surface area contributed by atoms with Gasteiger partial charge < -0.3 is 184 Å². The summed E-state index contributed by atoms with van der Waals surface area (Å²) in [5, 5.41) is 248. The van der Waals surface area contributed by atoms with Gasteiger partial charge in [-0.3, -0.25) is 4.79 Å². The molecule has 36 atom stereocenters. The van der Waals surface area contributed by atoms with E-state index in [2.05, 4.69) is 5.32 Å². The van der Waals surface area contributed by atoms with Crippen molar-refractivity contribution in [3.63, 3.8) is 0 Å². The minimum Gasteiger partial charge on any atom is -0.394 e. The molecule has 1 amide bonds. The number of rotatable bonds is 21. The lowest BCUT2D eigenvalue weighted by Gasteiger charge is -2.50. The Labute approximate surface area is 468 Å². The van der Waals surface area contributed by atoms with E-state index in [9.17, 15) is 122 Å². The normalized spacial score (nSPS) is 51.3. The molecule has 0 radical (unpaired) electrons. The van der Waals surface area contributed by atoms with E-state index < -0.39 is 273 Å². The largest absolute Gasteiger partial charge is 0.394 e. The standard InChI is InChI=1S/C45H77NO37/c1-9(53)46-17-21(58)18(55)11(3-48)73-40(17)82-37-20(57)13(5-50)75-45(32(37)69)80-35-15(7-52)76-43(30(67)25(35)62)79-34-14(6-51)77-44(31(68)24(34)61)81-36-16(72-39(70)27(64)23(36)60)8-71-41-29(66)26(63)38(33(78-41)10(54)2-47)83-42-28(65)22(59)19(56)12(4-49)74-42/h10-45,47-52,54-70H,2-8H2,1H3,(H,46,53)/t10-,11-,12-,13-,14-,15-,16-,17-,18+,19+,20+,21-,22+,23-,24-,25-,26-,27-,28-,29+,30-,31-,32-,33-,34-,35+,36-,37+,38+,39-,40+,41+,42+,43+,44+,45-/m1/s1. The molecule has 0 aromatic heterocycles. The van der Waals surface area contributed by atoms with Gasteiger partial charge in [0.25, 0.3) is 0 Å². The first kappa shape index (κ1) is 68.5. The van der Waals surface area contributed by atoms with Crippen LogP contribution in [0.3, 0.4) is 0 Å². The summed E-state index contributed by atoms with van der Waals surface area (Å²) in [6.07, 6.45) is -69.1. The number of ether oxygens (including phenoxy) is 13. The summed E-state index contributed by atoms with van der Waals surface area (Å²) < 4.78 is 72.9. The van der Waals surface area contributed by atoms with Crippen LogP contribution in [-0.4, -0.2) is 391 Å². The second kappa shape index (κ2) is 29.6. The maximum atomic E-state index is 12.0. The number of aliphatic hydroxyl groups is 23. The highest BCUT2D eigenvalue weighted by Gasteiger charge is 2.58. The van der Waals surface area contributed by atoms with Gasteiger partial charge in [0.15, 0.2) is 44.0 Å². The molecule has 0 aromatic rings. The van der Waals surface area contributed by atoms with Crippen molar-refractivity contribution >= 4 is 5.91 Å². The average molecular weight is 1220 g/mol. The van der Waals surface area contributed by atoms with Crippen LogP contribution in [0.15, 0.2) is 0 Å². The van der Waals surface area contributed by atoms with E-state index in [0.29, 0.717) is 0 Å². The van der Waals surface area contributed by atoms with Gasteiger partial charge in [0.2, 0.25) is 5.91 Å². The predicted octanol–water partition coefficient (Wildman–Crippen LogP) is -16.8. The second-order valence-electron chi connectivity index (χ2n) is 20.8. The molecule has 7 saturated heterocycles. The molecule has 38 heteroatoms. The molecule has 484 valence electrons. The number of hydrogen-bond donors (Lipinski definition) is 24. The van der Waals surface area contributed by atoms with Gasteiger partial charge in [0, 0.05) is 6.92 Å². The van der Waals surface area contributed by atoms with Crippen LogP contribution < -0.4 is 5.32 Å². The SMILES string of the molecule is CC(=O)N[C@H]1[C@H](O[C@H]2[C@@H](O)[C@@H](CO)O[C@H](O[C@@H]3[C@H](O)[C@@H](O)[C@H](O[C@H]4[C@H](O)[C@@H](O)[C@H](O[C@H]5[C@H](O)[C@@H](O)[C@H](O)O[C@@H]5CO[C@H]5O[C@H]([C@H](O)CO)[C@@H](O[C@@H]6O[C@H](CO)[C@H](O)[C@H](O)[C@H]6O)[C@H](O)[C@@H]5O)O[C@@H]4CO)O[C@@H]3CO)[C@@H]2O)O[C@H](CO)[C@H](O)[C@@H]1O. The Morgan fingerprint density at radius 1 is 0.373 bits per heavy atom. The zero-order valence-corrected chi connectivity index (χ0v) is 43.7. The topological polar surface area (TPSA) is 614 Å². The molecule has 24 N–H and O–H groups in total. The van der Waals surface area contributed by atoms with E-state index in [1.165, 1.54) is 0 Å². The van der Waals surface area contributed by atoms with Gasteiger partial charge in [-0.2, -0.15) is 0 Å². The molecule has 7 rings (SSSR count). The summed E-state index contributed by atoms with van der Waals surface area (Å²) in [5.74, 6) is -0.756. The number of nitrogens with one attached hydrogen (secondary N) is 1. The summed E-state index contributed by atoms with van der Waals surface area (Å²) in [6.45, 7) is -5.94. The highest BCUT2D eigenvalue weighted by atomic mass is 16.8. The fraction of sp³-hybridized carbons (Fsp3) is 0.978. The Kier molecular flexibility index (Phi) is 24.4. The number of carbonyl (C=O) groups is 1. The molecule has 38 nitrogen and oxygen atoms in total. The third kappa shape index (κ3) is 14.5. The van der Waals surface area contributed by atoms with Crippen molar-refractivity contribution in [2.24, 2.45) is 0 Å². The van der Waals surface area contributed by atoms with Crippen LogP contribution in [0.5, 0.6) is 0 Å². The number of amides is 1. The van der Waals surface area contributed by atoms with Crippen molar-refractivity contribution in [2.45, 2.75) is 228 Å². The Hall–Kier alpha value is -1.97. The van der Waals surface area contributed by atoms with Crippen molar-refractivity contribution in [3.05, 3.63) is 0 Å². The van der Waals surface area contributed by atoms with Gasteiger partial charge >= 0.3 is 0 Å². The molecular weight excluding hydrogens is 1150 g/mol. The highest BCUT2D eigenvalue weighted by Crippen LogP contribution is 2.37. The molecule has 83 heavy (non-hydrogen) atoms. The van der Waals surface area contributed by atoms with Gasteiger partial charge in [-0.15, -0.1) is 0 Å². The van der Waals surface area contributed by atoms with Crippen LogP contribution in [-0.2, 0) is 66.4 Å². The summed E-state index contributed by atoms with van der Waals surface area (Å²) >= 11 is 0. The van der Waals surface area contributed by atoms with E-state index >= 15 is 0 Å². The summed E-state index contributed by atoms with van der Waals surface area (Å²) in [4.78, 5) is 12.0. The van der Waals surface area contributed by atoms with Crippen molar-refractivity contribution in [3.8, 4) is 0 Å². The second-order valence-corrected chi connectivity index (χ2v) is 20.8. The van der Waals surface area contributed by atoms with E-state index in [1.54, 1.807) is 0 Å². The van der Waals surface area contributed by atoms with Crippen molar-refractivity contribution in [1.29, 1.82) is 0 Å². The Bertz CT molecular complexity index is 1990. The van der Waals surface area contributed by atoms with Crippen LogP contribution in [0.1, 0.15) is 6.92 Å². The first-order chi connectivity index (χ1) is 39.3. The zero-order chi connectivity index (χ0) is 61.2. The van der Waals surface area contributed by atoms with Gasteiger partial charge in [0.05, 0.1) is 46.2 Å². The third-order valence-corrected chi connectivity index (χ3v) is 15.2. The van der Waals surface area contributed by atoms with Gasteiger partial charge in [-0.25, -0.2) is 0 Å². The van der Waals surface area contributed by atoms with E-state index in [4.69, 9.17) is 61.6 Å². The van der Waals surface area contributed by atoms with Crippen LogP contribution >= 0.6 is 0 Å². The van der Waals surface area contributed by atoms with E-state index in [1.807, 2.05) is 0 Å². The van der Waals surface area contributed by atoms with Crippen LogP contribution in [0, 0.1) is 0 Å². The van der Waals surface area contributed by atoms with Crippen LogP contribution in [0.4, 0.5) is 0 Å². The van der Waals surface area contributed by atoms with Crippen LogP contribution in [0.2, 0.25) is 0 Å². The van der Waals surface area contributed by atoms with E-state index in [-0.39, 0.29) is 0 Å². The molecule has 7 fully saturated rings. The first-order valence-electron chi connectivity index (χ1n) is 26.2. The Morgan fingerprint density at radius 2 is 0.747 bits per heavy atom. The maximum absolute atomic E-state index is 12.0. The van der Waals surface area contributed by atoms with Crippen molar-refractivity contribution in [1.82, 2.24) is 5.32 Å². The zero-order valence-electron chi connectivity index (χ0n) is 43.7. The molecule has 0 aliphatic carbocycles. The Morgan fingerprint density at radius 3 is 1.23 bits per heavy atom.